The number of hydrogen-bond acceptors (Lipinski definition) is 2. The molecule has 5 heteroatoms. The second-order valence-corrected chi connectivity index (χ2v) is 8.06. The summed E-state index contributed by atoms with van der Waals surface area (Å²) in [7, 11) is 0. The molecule has 158 valence electrons. The van der Waals surface area contributed by atoms with E-state index in [-0.39, 0.29) is 11.9 Å². The molecule has 0 spiro atoms. The number of urea groups is 1. The van der Waals surface area contributed by atoms with E-state index in [1.807, 2.05) is 79.4 Å². The Hall–Kier alpha value is -3.60. The molecule has 1 aliphatic rings. The topological polar surface area (TPSA) is 61.4 Å². The highest BCUT2D eigenvalue weighted by molar-refractivity contribution is 6.07. The fraction of sp³-hybridized carbons (Fsp3) is 0.231. The smallest absolute Gasteiger partial charge is 0.315 e. The molecule has 0 unspecified atom stereocenters. The summed E-state index contributed by atoms with van der Waals surface area (Å²) in [5, 5.41) is 5.78. The van der Waals surface area contributed by atoms with Gasteiger partial charge in [-0.05, 0) is 55.2 Å². The molecule has 31 heavy (non-hydrogen) atoms. The van der Waals surface area contributed by atoms with Crippen LogP contribution in [0.4, 0.5) is 10.5 Å². The molecule has 0 atom stereocenters. The summed E-state index contributed by atoms with van der Waals surface area (Å²) in [6.45, 7) is 5.59. The summed E-state index contributed by atoms with van der Waals surface area (Å²) in [5.41, 5.74) is 7.09. The zero-order valence-electron chi connectivity index (χ0n) is 17.9. The van der Waals surface area contributed by atoms with Gasteiger partial charge in [0.05, 0.1) is 0 Å². The fourth-order valence-electron chi connectivity index (χ4n) is 3.81. The fourth-order valence-corrected chi connectivity index (χ4v) is 3.81. The lowest BCUT2D eigenvalue weighted by atomic mass is 10.1. The molecule has 0 radical (unpaired) electrons. The average molecular weight is 414 g/mol. The van der Waals surface area contributed by atoms with Gasteiger partial charge in [-0.1, -0.05) is 59.7 Å². The molecule has 0 saturated heterocycles. The first kappa shape index (κ1) is 20.7. The minimum absolute atomic E-state index is 0.0170. The van der Waals surface area contributed by atoms with Gasteiger partial charge in [-0.15, -0.1) is 0 Å². The molecule has 0 saturated carbocycles. The Morgan fingerprint density at radius 1 is 0.839 bits per heavy atom. The number of aryl methyl sites for hydroxylation is 2. The maximum Gasteiger partial charge on any atom is 0.315 e. The van der Waals surface area contributed by atoms with Gasteiger partial charge >= 0.3 is 6.03 Å². The summed E-state index contributed by atoms with van der Waals surface area (Å²) < 4.78 is 0. The number of nitrogens with zero attached hydrogens (tertiary/aromatic N) is 1. The summed E-state index contributed by atoms with van der Waals surface area (Å²) in [5.74, 6) is 0.0170. The molecule has 5 nitrogen and oxygen atoms in total. The molecule has 1 aliphatic heterocycles. The summed E-state index contributed by atoms with van der Waals surface area (Å²) in [6.07, 6.45) is 0.845. The van der Waals surface area contributed by atoms with E-state index in [9.17, 15) is 9.59 Å². The monoisotopic (exact) mass is 413 g/mol. The van der Waals surface area contributed by atoms with Crippen LogP contribution in [0.25, 0.3) is 0 Å². The highest BCUT2D eigenvalue weighted by Crippen LogP contribution is 2.30. The van der Waals surface area contributed by atoms with Crippen LogP contribution in [0.2, 0.25) is 0 Å². The highest BCUT2D eigenvalue weighted by atomic mass is 16.2. The first-order chi connectivity index (χ1) is 15.0. The van der Waals surface area contributed by atoms with Crippen molar-refractivity contribution in [3.8, 4) is 0 Å². The van der Waals surface area contributed by atoms with Crippen molar-refractivity contribution in [1.82, 2.24) is 10.6 Å². The highest BCUT2D eigenvalue weighted by Gasteiger charge is 2.25. The molecule has 3 aromatic rings. The van der Waals surface area contributed by atoms with Crippen LogP contribution < -0.4 is 15.5 Å². The van der Waals surface area contributed by atoms with Crippen molar-refractivity contribution < 1.29 is 9.59 Å². The van der Waals surface area contributed by atoms with E-state index in [0.29, 0.717) is 25.2 Å². The Bertz CT molecular complexity index is 1110. The summed E-state index contributed by atoms with van der Waals surface area (Å²) in [4.78, 5) is 27.1. The number of nitrogens with one attached hydrogen (secondary N) is 2. The predicted octanol–water partition coefficient (Wildman–Crippen LogP) is 4.51. The van der Waals surface area contributed by atoms with E-state index in [1.54, 1.807) is 0 Å². The molecule has 0 aliphatic carbocycles. The molecule has 0 aromatic heterocycles. The Kier molecular flexibility index (Phi) is 6.03. The van der Waals surface area contributed by atoms with Crippen molar-refractivity contribution in [3.63, 3.8) is 0 Å². The minimum Gasteiger partial charge on any atom is -0.334 e. The van der Waals surface area contributed by atoms with Gasteiger partial charge in [0, 0.05) is 30.9 Å². The van der Waals surface area contributed by atoms with Crippen LogP contribution in [-0.4, -0.2) is 18.5 Å². The average Bonchev–Trinajstić information content (AvgIpc) is 3.20. The zero-order chi connectivity index (χ0) is 21.8. The molecule has 3 aromatic carbocycles. The van der Waals surface area contributed by atoms with Gasteiger partial charge in [0.1, 0.15) is 0 Å². The third-order valence-corrected chi connectivity index (χ3v) is 5.58. The zero-order valence-corrected chi connectivity index (χ0v) is 17.9. The number of hydrogen-bond donors (Lipinski definition) is 2. The van der Waals surface area contributed by atoms with Gasteiger partial charge in [-0.25, -0.2) is 4.79 Å². The SMILES string of the molecule is Cc1ccc(CNC(=O)NCc2ccc3c(c2)N(C(=O)c2cccc(C)c2)CC3)cc1. The normalized spacial score (nSPS) is 12.4. The van der Waals surface area contributed by atoms with Gasteiger partial charge in [0.15, 0.2) is 0 Å². The predicted molar refractivity (Wildman–Crippen MR) is 123 cm³/mol. The number of carbonyl (C=O) groups excluding carboxylic acids is 2. The second kappa shape index (κ2) is 9.04. The molecule has 3 amide bonds. The van der Waals surface area contributed by atoms with Crippen molar-refractivity contribution in [2.24, 2.45) is 0 Å². The van der Waals surface area contributed by atoms with E-state index in [2.05, 4.69) is 16.7 Å². The lowest BCUT2D eigenvalue weighted by Gasteiger charge is -2.18. The van der Waals surface area contributed by atoms with E-state index >= 15 is 0 Å². The first-order valence-electron chi connectivity index (χ1n) is 10.6. The Balaban J connectivity index is 1.37. The lowest BCUT2D eigenvalue weighted by Crippen LogP contribution is -2.34. The Labute approximate surface area is 183 Å². The van der Waals surface area contributed by atoms with Crippen molar-refractivity contribution in [1.29, 1.82) is 0 Å². The number of anilines is 1. The molecule has 0 bridgehead atoms. The quantitative estimate of drug-likeness (QED) is 0.647. The number of amides is 3. The van der Waals surface area contributed by atoms with Gasteiger partial charge in [-0.2, -0.15) is 0 Å². The second-order valence-electron chi connectivity index (χ2n) is 8.06. The van der Waals surface area contributed by atoms with E-state index < -0.39 is 0 Å². The number of benzene rings is 3. The third kappa shape index (κ3) is 4.94. The van der Waals surface area contributed by atoms with Crippen LogP contribution in [0.5, 0.6) is 0 Å². The molecule has 2 N–H and O–H groups in total. The third-order valence-electron chi connectivity index (χ3n) is 5.58. The Morgan fingerprint density at radius 2 is 1.55 bits per heavy atom. The van der Waals surface area contributed by atoms with Gasteiger partial charge in [-0.3, -0.25) is 4.79 Å². The molecule has 4 rings (SSSR count). The van der Waals surface area contributed by atoms with Crippen LogP contribution in [0, 0.1) is 13.8 Å². The molecule has 0 fully saturated rings. The van der Waals surface area contributed by atoms with Gasteiger partial charge in [0.25, 0.3) is 5.91 Å². The van der Waals surface area contributed by atoms with Crippen LogP contribution in [0.15, 0.2) is 66.7 Å². The maximum atomic E-state index is 13.0. The summed E-state index contributed by atoms with van der Waals surface area (Å²) >= 11 is 0. The van der Waals surface area contributed by atoms with E-state index in [1.165, 1.54) is 5.56 Å². The maximum absolute atomic E-state index is 13.0. The van der Waals surface area contributed by atoms with Crippen LogP contribution in [0.3, 0.4) is 0 Å². The van der Waals surface area contributed by atoms with Crippen LogP contribution in [-0.2, 0) is 19.5 Å². The largest absolute Gasteiger partial charge is 0.334 e. The standard InChI is InChI=1S/C26H27N3O2/c1-18-6-8-20(9-7-18)16-27-26(31)28-17-21-10-11-22-12-13-29(24(22)15-21)25(30)23-5-3-4-19(2)14-23/h3-11,14-15H,12-13,16-17H2,1-2H3,(H2,27,28,31). The molecule has 1 heterocycles. The lowest BCUT2D eigenvalue weighted by molar-refractivity contribution is 0.0989. The van der Waals surface area contributed by atoms with Crippen molar-refractivity contribution in [2.45, 2.75) is 33.4 Å². The van der Waals surface area contributed by atoms with Gasteiger partial charge < -0.3 is 15.5 Å². The van der Waals surface area contributed by atoms with Crippen molar-refractivity contribution in [3.05, 3.63) is 100 Å². The van der Waals surface area contributed by atoms with Crippen LogP contribution in [0.1, 0.15) is 38.2 Å². The molecular formula is C26H27N3O2. The van der Waals surface area contributed by atoms with E-state index in [4.69, 9.17) is 0 Å². The Morgan fingerprint density at radius 3 is 2.29 bits per heavy atom. The number of rotatable bonds is 5. The number of fused-ring (bicyclic) bond motifs is 1. The number of carbonyl (C=O) groups is 2. The van der Waals surface area contributed by atoms with Crippen molar-refractivity contribution in [2.75, 3.05) is 11.4 Å². The van der Waals surface area contributed by atoms with Crippen LogP contribution >= 0.6 is 0 Å². The minimum atomic E-state index is -0.214. The van der Waals surface area contributed by atoms with Crippen molar-refractivity contribution >= 4 is 17.6 Å². The van der Waals surface area contributed by atoms with Gasteiger partial charge in [0.2, 0.25) is 0 Å². The molecular weight excluding hydrogens is 386 g/mol. The summed E-state index contributed by atoms with van der Waals surface area (Å²) in [6, 6.07) is 21.6. The first-order valence-corrected chi connectivity index (χ1v) is 10.6. The van der Waals surface area contributed by atoms with E-state index in [0.717, 1.165) is 34.4 Å².